The van der Waals surface area contributed by atoms with Crippen LogP contribution in [0.5, 0.6) is 23.0 Å². The molecule has 2 aromatic rings. The lowest BCUT2D eigenvalue weighted by Gasteiger charge is -2.23. The van der Waals surface area contributed by atoms with Gasteiger partial charge in [0.05, 0.1) is 18.6 Å². The zero-order valence-electron chi connectivity index (χ0n) is 21.6. The van der Waals surface area contributed by atoms with E-state index in [2.05, 4.69) is 13.8 Å². The van der Waals surface area contributed by atoms with E-state index in [9.17, 15) is 9.59 Å². The van der Waals surface area contributed by atoms with E-state index in [4.69, 9.17) is 18.9 Å². The molecule has 6 heteroatoms. The lowest BCUT2D eigenvalue weighted by atomic mass is 9.97. The Balaban J connectivity index is 2.74. The van der Waals surface area contributed by atoms with Crippen molar-refractivity contribution >= 4 is 22.7 Å². The Morgan fingerprint density at radius 2 is 1.18 bits per heavy atom. The van der Waals surface area contributed by atoms with Crippen LogP contribution in [0.1, 0.15) is 86.5 Å². The van der Waals surface area contributed by atoms with E-state index in [1.54, 1.807) is 20.8 Å². The van der Waals surface area contributed by atoms with Gasteiger partial charge in [-0.15, -0.1) is 0 Å². The summed E-state index contributed by atoms with van der Waals surface area (Å²) in [6, 6.07) is 7.39. The normalized spacial score (nSPS) is 11.4. The Morgan fingerprint density at radius 1 is 0.706 bits per heavy atom. The van der Waals surface area contributed by atoms with E-state index in [-0.39, 0.29) is 11.9 Å². The van der Waals surface area contributed by atoms with E-state index in [1.807, 2.05) is 31.2 Å². The van der Waals surface area contributed by atoms with Gasteiger partial charge < -0.3 is 18.9 Å². The summed E-state index contributed by atoms with van der Waals surface area (Å²) in [5.74, 6) is 0.516. The number of ether oxygens (including phenoxy) is 4. The number of hydrogen-bond acceptors (Lipinski definition) is 6. The van der Waals surface area contributed by atoms with Crippen LogP contribution in [0.3, 0.4) is 0 Å². The predicted molar refractivity (Wildman–Crippen MR) is 135 cm³/mol. The number of benzene rings is 2. The molecule has 188 valence electrons. The van der Waals surface area contributed by atoms with Crippen LogP contribution in [0.4, 0.5) is 0 Å². The third kappa shape index (κ3) is 7.37. The SMILES string of the molecule is CCCCOc1c(OCCCC)c(OC(=O)C(C)(C)C)c2ccccc2c1OC(=O)CCCC. The summed E-state index contributed by atoms with van der Waals surface area (Å²) < 4.78 is 24.2. The maximum Gasteiger partial charge on any atom is 0.316 e. The Bertz CT molecular complexity index is 958. The van der Waals surface area contributed by atoms with E-state index < -0.39 is 5.41 Å². The van der Waals surface area contributed by atoms with Crippen molar-refractivity contribution in [2.45, 2.75) is 86.5 Å². The molecule has 0 aromatic heterocycles. The third-order valence-corrected chi connectivity index (χ3v) is 5.28. The van der Waals surface area contributed by atoms with Crippen molar-refractivity contribution in [3.63, 3.8) is 0 Å². The summed E-state index contributed by atoms with van der Waals surface area (Å²) >= 11 is 0. The van der Waals surface area contributed by atoms with Gasteiger partial charge in [0.25, 0.3) is 0 Å². The van der Waals surface area contributed by atoms with Gasteiger partial charge in [-0.1, -0.05) is 64.3 Å². The molecule has 0 aliphatic heterocycles. The summed E-state index contributed by atoms with van der Waals surface area (Å²) in [5, 5.41) is 1.27. The number of fused-ring (bicyclic) bond motifs is 1. The molecular weight excluding hydrogens is 432 g/mol. The van der Waals surface area contributed by atoms with Crippen LogP contribution < -0.4 is 18.9 Å². The molecule has 0 aliphatic carbocycles. The Morgan fingerprint density at radius 3 is 1.62 bits per heavy atom. The zero-order chi connectivity index (χ0) is 25.1. The monoisotopic (exact) mass is 472 g/mol. The molecule has 0 atom stereocenters. The molecule has 2 aromatic carbocycles. The van der Waals surface area contributed by atoms with Crippen LogP contribution in [0.25, 0.3) is 10.8 Å². The van der Waals surface area contributed by atoms with Gasteiger partial charge in [0, 0.05) is 17.2 Å². The second kappa shape index (κ2) is 13.2. The maximum absolute atomic E-state index is 12.9. The molecule has 0 aliphatic rings. The Kier molecular flexibility index (Phi) is 10.7. The molecule has 0 saturated carbocycles. The fraction of sp³-hybridized carbons (Fsp3) is 0.571. The average molecular weight is 473 g/mol. The van der Waals surface area contributed by atoms with Crippen molar-refractivity contribution in [2.75, 3.05) is 13.2 Å². The maximum atomic E-state index is 12.9. The molecule has 0 amide bonds. The van der Waals surface area contributed by atoms with Crippen molar-refractivity contribution < 1.29 is 28.5 Å². The van der Waals surface area contributed by atoms with Gasteiger partial charge in [-0.25, -0.2) is 0 Å². The summed E-state index contributed by atoms with van der Waals surface area (Å²) in [6.07, 6.45) is 5.46. The fourth-order valence-corrected chi connectivity index (χ4v) is 3.16. The van der Waals surface area contributed by atoms with Crippen LogP contribution in [0, 0.1) is 5.41 Å². The molecule has 0 bridgehead atoms. The molecule has 0 heterocycles. The number of rotatable bonds is 13. The molecule has 6 nitrogen and oxygen atoms in total. The number of unbranched alkanes of at least 4 members (excludes halogenated alkanes) is 3. The quantitative estimate of drug-likeness (QED) is 0.174. The van der Waals surface area contributed by atoms with Crippen LogP contribution in [-0.2, 0) is 9.59 Å². The highest BCUT2D eigenvalue weighted by Gasteiger charge is 2.31. The predicted octanol–water partition coefficient (Wildman–Crippen LogP) is 7.24. The van der Waals surface area contributed by atoms with Gasteiger partial charge in [-0.05, 0) is 40.0 Å². The number of carbonyl (C=O) groups excluding carboxylic acids is 2. The molecule has 0 saturated heterocycles. The van der Waals surface area contributed by atoms with Crippen LogP contribution in [0.2, 0.25) is 0 Å². The largest absolute Gasteiger partial charge is 0.486 e. The van der Waals surface area contributed by atoms with E-state index in [0.29, 0.717) is 53.4 Å². The molecule has 0 unspecified atom stereocenters. The Labute approximate surface area is 203 Å². The highest BCUT2D eigenvalue weighted by atomic mass is 16.6. The summed E-state index contributed by atoms with van der Waals surface area (Å²) in [5.41, 5.74) is -0.712. The van der Waals surface area contributed by atoms with Gasteiger partial charge in [-0.2, -0.15) is 0 Å². The van der Waals surface area contributed by atoms with Crippen molar-refractivity contribution in [3.05, 3.63) is 24.3 Å². The Hall–Kier alpha value is -2.76. The van der Waals surface area contributed by atoms with Crippen molar-refractivity contribution in [1.29, 1.82) is 0 Å². The van der Waals surface area contributed by atoms with Crippen molar-refractivity contribution in [2.24, 2.45) is 5.41 Å². The van der Waals surface area contributed by atoms with Crippen LogP contribution in [0.15, 0.2) is 24.3 Å². The number of hydrogen-bond donors (Lipinski definition) is 0. The average Bonchev–Trinajstić information content (AvgIpc) is 2.80. The number of carbonyl (C=O) groups is 2. The minimum absolute atomic E-state index is 0.298. The lowest BCUT2D eigenvalue weighted by Crippen LogP contribution is -2.26. The highest BCUT2D eigenvalue weighted by molar-refractivity contribution is 6.01. The second-order valence-corrected chi connectivity index (χ2v) is 9.48. The first-order valence-electron chi connectivity index (χ1n) is 12.5. The summed E-state index contributed by atoms with van der Waals surface area (Å²) in [7, 11) is 0. The standard InChI is InChI=1S/C28H40O6/c1-7-10-17-22(29)33-23-20-15-13-14-16-21(20)24(34-27(30)28(4,5)6)26(32-19-12-9-3)25(23)31-18-11-8-2/h13-16H,7-12,17-19H2,1-6H3. The topological polar surface area (TPSA) is 71.1 Å². The van der Waals surface area contributed by atoms with E-state index >= 15 is 0 Å². The fourth-order valence-electron chi connectivity index (χ4n) is 3.16. The van der Waals surface area contributed by atoms with Crippen LogP contribution >= 0.6 is 0 Å². The minimum atomic E-state index is -0.712. The summed E-state index contributed by atoms with van der Waals surface area (Å²) in [6.45, 7) is 12.4. The van der Waals surface area contributed by atoms with Crippen molar-refractivity contribution in [3.8, 4) is 23.0 Å². The van der Waals surface area contributed by atoms with Crippen molar-refractivity contribution in [1.82, 2.24) is 0 Å². The molecule has 0 spiro atoms. The minimum Gasteiger partial charge on any atom is -0.486 e. The lowest BCUT2D eigenvalue weighted by molar-refractivity contribution is -0.143. The molecule has 34 heavy (non-hydrogen) atoms. The molecule has 0 N–H and O–H groups in total. The molecular formula is C28H40O6. The van der Waals surface area contributed by atoms with Gasteiger partial charge in [0.15, 0.2) is 11.5 Å². The van der Waals surface area contributed by atoms with Gasteiger partial charge in [0.2, 0.25) is 11.5 Å². The first-order valence-corrected chi connectivity index (χ1v) is 12.5. The van der Waals surface area contributed by atoms with Gasteiger partial charge in [-0.3, -0.25) is 9.59 Å². The smallest absolute Gasteiger partial charge is 0.316 e. The second-order valence-electron chi connectivity index (χ2n) is 9.48. The highest BCUT2D eigenvalue weighted by Crippen LogP contribution is 2.52. The first-order chi connectivity index (χ1) is 16.2. The number of esters is 2. The first kappa shape index (κ1) is 27.5. The van der Waals surface area contributed by atoms with E-state index in [0.717, 1.165) is 38.5 Å². The third-order valence-electron chi connectivity index (χ3n) is 5.28. The summed E-state index contributed by atoms with van der Waals surface area (Å²) in [4.78, 5) is 25.6. The molecule has 0 fully saturated rings. The van der Waals surface area contributed by atoms with Crippen LogP contribution in [-0.4, -0.2) is 25.2 Å². The molecule has 0 radical (unpaired) electrons. The zero-order valence-corrected chi connectivity index (χ0v) is 21.6. The van der Waals surface area contributed by atoms with Gasteiger partial charge in [0.1, 0.15) is 0 Å². The molecule has 2 rings (SSSR count). The van der Waals surface area contributed by atoms with Gasteiger partial charge >= 0.3 is 11.9 Å². The van der Waals surface area contributed by atoms with E-state index in [1.165, 1.54) is 0 Å².